The summed E-state index contributed by atoms with van der Waals surface area (Å²) in [6.07, 6.45) is 0. The Bertz CT molecular complexity index is 740. The summed E-state index contributed by atoms with van der Waals surface area (Å²) < 4.78 is 0. The van der Waals surface area contributed by atoms with Crippen molar-refractivity contribution < 1.29 is 5.11 Å². The molecule has 0 bridgehead atoms. The number of hydrogen-bond acceptors (Lipinski definition) is 3. The highest BCUT2D eigenvalue weighted by Crippen LogP contribution is 2.28. The second kappa shape index (κ2) is 6.20. The summed E-state index contributed by atoms with van der Waals surface area (Å²) in [7, 11) is 0. The van der Waals surface area contributed by atoms with Gasteiger partial charge in [0.2, 0.25) is 0 Å². The molecule has 0 saturated carbocycles. The van der Waals surface area contributed by atoms with Crippen molar-refractivity contribution >= 4 is 28.6 Å². The van der Waals surface area contributed by atoms with Gasteiger partial charge in [-0.2, -0.15) is 0 Å². The van der Waals surface area contributed by atoms with E-state index in [0.717, 1.165) is 12.2 Å². The van der Waals surface area contributed by atoms with Gasteiger partial charge in [-0.1, -0.05) is 41.9 Å². The number of benzene rings is 2. The molecular weight excluding hydrogens is 302 g/mol. The SMILES string of the molecule is Oc1ccc(NCc2cc(-c3ccccc3)cs2)cc1Cl. The number of nitrogens with one attached hydrogen (secondary N) is 1. The number of thiophene rings is 1. The number of hydrogen-bond donors (Lipinski definition) is 2. The summed E-state index contributed by atoms with van der Waals surface area (Å²) in [5, 5.41) is 15.2. The van der Waals surface area contributed by atoms with Crippen LogP contribution in [0.2, 0.25) is 5.02 Å². The van der Waals surface area contributed by atoms with E-state index in [0.29, 0.717) is 5.02 Å². The van der Waals surface area contributed by atoms with Gasteiger partial charge in [0, 0.05) is 17.1 Å². The van der Waals surface area contributed by atoms with E-state index in [2.05, 4.69) is 28.9 Å². The molecule has 0 aliphatic heterocycles. The van der Waals surface area contributed by atoms with Crippen molar-refractivity contribution in [1.82, 2.24) is 0 Å². The molecule has 0 unspecified atom stereocenters. The lowest BCUT2D eigenvalue weighted by atomic mass is 10.1. The van der Waals surface area contributed by atoms with Crippen molar-refractivity contribution in [1.29, 1.82) is 0 Å². The first-order chi connectivity index (χ1) is 10.2. The Morgan fingerprint density at radius 3 is 2.57 bits per heavy atom. The Hall–Kier alpha value is -1.97. The van der Waals surface area contributed by atoms with Crippen LogP contribution >= 0.6 is 22.9 Å². The third-order valence-corrected chi connectivity index (χ3v) is 4.41. The van der Waals surface area contributed by atoms with Crippen molar-refractivity contribution in [2.24, 2.45) is 0 Å². The largest absolute Gasteiger partial charge is 0.506 e. The van der Waals surface area contributed by atoms with Gasteiger partial charge in [-0.3, -0.25) is 0 Å². The zero-order chi connectivity index (χ0) is 14.7. The third kappa shape index (κ3) is 3.38. The van der Waals surface area contributed by atoms with E-state index in [9.17, 15) is 5.11 Å². The summed E-state index contributed by atoms with van der Waals surface area (Å²) in [6, 6.07) is 17.6. The van der Waals surface area contributed by atoms with E-state index in [-0.39, 0.29) is 5.75 Å². The topological polar surface area (TPSA) is 32.3 Å². The van der Waals surface area contributed by atoms with Gasteiger partial charge in [0.05, 0.1) is 5.02 Å². The zero-order valence-corrected chi connectivity index (χ0v) is 12.8. The highest BCUT2D eigenvalue weighted by molar-refractivity contribution is 7.10. The smallest absolute Gasteiger partial charge is 0.134 e. The number of rotatable bonds is 4. The van der Waals surface area contributed by atoms with Crippen LogP contribution in [0.15, 0.2) is 60.0 Å². The minimum absolute atomic E-state index is 0.102. The molecule has 2 aromatic carbocycles. The first kappa shape index (κ1) is 14.0. The van der Waals surface area contributed by atoms with E-state index in [4.69, 9.17) is 11.6 Å². The van der Waals surface area contributed by atoms with Crippen LogP contribution in [-0.2, 0) is 6.54 Å². The van der Waals surface area contributed by atoms with Gasteiger partial charge < -0.3 is 10.4 Å². The van der Waals surface area contributed by atoms with Crippen LogP contribution in [0.5, 0.6) is 5.75 Å². The fourth-order valence-electron chi connectivity index (χ4n) is 2.06. The Balaban J connectivity index is 1.69. The summed E-state index contributed by atoms with van der Waals surface area (Å²) in [5.41, 5.74) is 3.36. The predicted molar refractivity (Wildman–Crippen MR) is 90.2 cm³/mol. The molecule has 0 fully saturated rings. The van der Waals surface area contributed by atoms with Crippen LogP contribution in [-0.4, -0.2) is 5.11 Å². The van der Waals surface area contributed by atoms with Gasteiger partial charge in [-0.25, -0.2) is 0 Å². The summed E-state index contributed by atoms with van der Waals surface area (Å²) in [4.78, 5) is 1.25. The number of phenolic OH excluding ortho intramolecular Hbond substituents is 1. The predicted octanol–water partition coefficient (Wildman–Crippen LogP) is 5.39. The Morgan fingerprint density at radius 1 is 1.00 bits per heavy atom. The third-order valence-electron chi connectivity index (χ3n) is 3.18. The van der Waals surface area contributed by atoms with Crippen molar-refractivity contribution in [2.75, 3.05) is 5.32 Å². The van der Waals surface area contributed by atoms with Gasteiger partial charge in [-0.05, 0) is 40.8 Å². The van der Waals surface area contributed by atoms with Crippen LogP contribution in [0.25, 0.3) is 11.1 Å². The molecule has 0 saturated heterocycles. The first-order valence-electron chi connectivity index (χ1n) is 6.57. The Kier molecular flexibility index (Phi) is 4.13. The first-order valence-corrected chi connectivity index (χ1v) is 7.83. The molecule has 1 aromatic heterocycles. The molecule has 0 atom stereocenters. The molecule has 0 radical (unpaired) electrons. The number of anilines is 1. The molecule has 4 heteroatoms. The van der Waals surface area contributed by atoms with Gasteiger partial charge in [0.1, 0.15) is 5.75 Å². The number of aromatic hydroxyl groups is 1. The molecule has 2 N–H and O–H groups in total. The molecule has 1 heterocycles. The summed E-state index contributed by atoms with van der Waals surface area (Å²) in [5.74, 6) is 0.102. The molecule has 0 aliphatic rings. The maximum absolute atomic E-state index is 9.40. The lowest BCUT2D eigenvalue weighted by molar-refractivity contribution is 0.475. The lowest BCUT2D eigenvalue weighted by Gasteiger charge is -2.06. The van der Waals surface area contributed by atoms with Crippen LogP contribution in [0.4, 0.5) is 5.69 Å². The van der Waals surface area contributed by atoms with Crippen LogP contribution in [0.3, 0.4) is 0 Å². The van der Waals surface area contributed by atoms with Crippen LogP contribution in [0.1, 0.15) is 4.88 Å². The highest BCUT2D eigenvalue weighted by Gasteiger charge is 2.03. The van der Waals surface area contributed by atoms with Crippen LogP contribution < -0.4 is 5.32 Å². The number of phenols is 1. The quantitative estimate of drug-likeness (QED) is 0.633. The zero-order valence-electron chi connectivity index (χ0n) is 11.2. The van der Waals surface area contributed by atoms with Gasteiger partial charge in [0.15, 0.2) is 0 Å². The Morgan fingerprint density at radius 2 is 1.81 bits per heavy atom. The van der Waals surface area contributed by atoms with Crippen molar-refractivity contribution in [3.8, 4) is 16.9 Å². The Labute approximate surface area is 132 Å². The fraction of sp³-hybridized carbons (Fsp3) is 0.0588. The number of halogens is 1. The molecule has 0 amide bonds. The van der Waals surface area contributed by atoms with Crippen LogP contribution in [0, 0.1) is 0 Å². The minimum atomic E-state index is 0.102. The molecular formula is C17H14ClNOS. The summed E-state index contributed by atoms with van der Waals surface area (Å²) in [6.45, 7) is 0.735. The maximum atomic E-state index is 9.40. The molecule has 3 rings (SSSR count). The van der Waals surface area contributed by atoms with Gasteiger partial charge >= 0.3 is 0 Å². The second-order valence-electron chi connectivity index (χ2n) is 4.69. The van der Waals surface area contributed by atoms with Gasteiger partial charge in [0.25, 0.3) is 0 Å². The normalized spacial score (nSPS) is 10.5. The molecule has 2 nitrogen and oxygen atoms in total. The molecule has 106 valence electrons. The molecule has 0 spiro atoms. The maximum Gasteiger partial charge on any atom is 0.134 e. The standard InChI is InChI=1S/C17H14ClNOS/c18-16-9-14(6-7-17(16)20)19-10-15-8-13(11-21-15)12-4-2-1-3-5-12/h1-9,11,19-20H,10H2. The summed E-state index contributed by atoms with van der Waals surface area (Å²) >= 11 is 7.62. The average molecular weight is 316 g/mol. The highest BCUT2D eigenvalue weighted by atomic mass is 35.5. The monoisotopic (exact) mass is 315 g/mol. The van der Waals surface area contributed by atoms with Crippen molar-refractivity contribution in [3.05, 3.63) is 69.9 Å². The van der Waals surface area contributed by atoms with E-state index >= 15 is 0 Å². The van der Waals surface area contributed by atoms with Crippen molar-refractivity contribution in [3.63, 3.8) is 0 Å². The minimum Gasteiger partial charge on any atom is -0.506 e. The lowest BCUT2D eigenvalue weighted by Crippen LogP contribution is -1.96. The van der Waals surface area contributed by atoms with E-state index in [1.165, 1.54) is 16.0 Å². The van der Waals surface area contributed by atoms with E-state index < -0.39 is 0 Å². The average Bonchev–Trinajstić information content (AvgIpc) is 2.98. The van der Waals surface area contributed by atoms with Gasteiger partial charge in [-0.15, -0.1) is 11.3 Å². The molecule has 0 aliphatic carbocycles. The van der Waals surface area contributed by atoms with Crippen molar-refractivity contribution in [2.45, 2.75) is 6.54 Å². The molecule has 3 aromatic rings. The molecule has 21 heavy (non-hydrogen) atoms. The second-order valence-corrected chi connectivity index (χ2v) is 6.09. The fourth-order valence-corrected chi connectivity index (χ4v) is 3.07. The van der Waals surface area contributed by atoms with E-state index in [1.807, 2.05) is 24.3 Å². The van der Waals surface area contributed by atoms with E-state index in [1.54, 1.807) is 23.5 Å².